The molecule has 1 heterocycles. The SMILES string of the molecule is COCC(N)C(=O)NCC(c1ccccc1OC)N1CCCCC1. The molecule has 0 saturated carbocycles. The smallest absolute Gasteiger partial charge is 0.239 e. The van der Waals surface area contributed by atoms with Crippen LogP contribution in [-0.2, 0) is 9.53 Å². The Morgan fingerprint density at radius 1 is 1.25 bits per heavy atom. The van der Waals surface area contributed by atoms with Gasteiger partial charge in [-0.25, -0.2) is 0 Å². The number of rotatable bonds is 8. The topological polar surface area (TPSA) is 76.8 Å². The van der Waals surface area contributed by atoms with E-state index in [1.54, 1.807) is 14.2 Å². The van der Waals surface area contributed by atoms with Gasteiger partial charge in [-0.15, -0.1) is 0 Å². The van der Waals surface area contributed by atoms with Crippen LogP contribution in [0.5, 0.6) is 5.75 Å². The summed E-state index contributed by atoms with van der Waals surface area (Å²) in [4.78, 5) is 14.6. The Labute approximate surface area is 144 Å². The first-order valence-electron chi connectivity index (χ1n) is 8.56. The van der Waals surface area contributed by atoms with Gasteiger partial charge in [0.25, 0.3) is 0 Å². The normalized spacial score (nSPS) is 18.0. The third kappa shape index (κ3) is 4.93. The number of methoxy groups -OCH3 is 2. The molecule has 24 heavy (non-hydrogen) atoms. The van der Waals surface area contributed by atoms with Crippen molar-refractivity contribution in [3.63, 3.8) is 0 Å². The molecule has 0 radical (unpaired) electrons. The van der Waals surface area contributed by atoms with E-state index in [2.05, 4.69) is 16.3 Å². The van der Waals surface area contributed by atoms with Crippen molar-refractivity contribution in [1.82, 2.24) is 10.2 Å². The van der Waals surface area contributed by atoms with Gasteiger partial charge < -0.3 is 20.5 Å². The Morgan fingerprint density at radius 2 is 1.96 bits per heavy atom. The molecule has 134 valence electrons. The summed E-state index contributed by atoms with van der Waals surface area (Å²) in [6.45, 7) is 2.79. The van der Waals surface area contributed by atoms with E-state index < -0.39 is 6.04 Å². The molecule has 2 rings (SSSR count). The third-order valence-corrected chi connectivity index (χ3v) is 4.48. The van der Waals surface area contributed by atoms with Crippen LogP contribution in [0.25, 0.3) is 0 Å². The Bertz CT molecular complexity index is 518. The molecular formula is C18H29N3O3. The second-order valence-electron chi connectivity index (χ2n) is 6.16. The second kappa shape index (κ2) is 9.61. The maximum atomic E-state index is 12.1. The summed E-state index contributed by atoms with van der Waals surface area (Å²) in [6, 6.07) is 7.44. The standard InChI is InChI=1S/C18H29N3O3/c1-23-13-15(19)18(22)20-12-16(21-10-6-3-7-11-21)14-8-4-5-9-17(14)24-2/h4-5,8-9,15-16H,3,6-7,10-13,19H2,1-2H3,(H,20,22). The second-order valence-corrected chi connectivity index (χ2v) is 6.16. The molecule has 0 bridgehead atoms. The summed E-state index contributed by atoms with van der Waals surface area (Å²) < 4.78 is 10.5. The van der Waals surface area contributed by atoms with Crippen molar-refractivity contribution in [2.75, 3.05) is 40.5 Å². The van der Waals surface area contributed by atoms with Gasteiger partial charge in [-0.1, -0.05) is 24.6 Å². The van der Waals surface area contributed by atoms with E-state index in [0.717, 1.165) is 24.4 Å². The molecule has 2 atom stereocenters. The molecule has 1 aromatic carbocycles. The lowest BCUT2D eigenvalue weighted by Gasteiger charge is -2.35. The van der Waals surface area contributed by atoms with Crippen LogP contribution in [-0.4, -0.2) is 57.3 Å². The number of carbonyl (C=O) groups excluding carboxylic acids is 1. The number of nitrogens with zero attached hydrogens (tertiary/aromatic N) is 1. The zero-order chi connectivity index (χ0) is 17.4. The first kappa shape index (κ1) is 18.7. The zero-order valence-corrected chi connectivity index (χ0v) is 14.7. The van der Waals surface area contributed by atoms with Crippen LogP contribution >= 0.6 is 0 Å². The van der Waals surface area contributed by atoms with Gasteiger partial charge in [0.15, 0.2) is 0 Å². The highest BCUT2D eigenvalue weighted by molar-refractivity contribution is 5.81. The van der Waals surface area contributed by atoms with Crippen LogP contribution < -0.4 is 15.8 Å². The average Bonchev–Trinajstić information content (AvgIpc) is 2.63. The first-order chi connectivity index (χ1) is 11.7. The number of likely N-dealkylation sites (tertiary alicyclic amines) is 1. The Balaban J connectivity index is 2.12. The molecule has 0 aliphatic carbocycles. The molecule has 1 aliphatic heterocycles. The first-order valence-corrected chi connectivity index (χ1v) is 8.56. The lowest BCUT2D eigenvalue weighted by Crippen LogP contribution is -2.47. The Morgan fingerprint density at radius 3 is 2.62 bits per heavy atom. The molecule has 6 heteroatoms. The van der Waals surface area contributed by atoms with Crippen molar-refractivity contribution < 1.29 is 14.3 Å². The van der Waals surface area contributed by atoms with Gasteiger partial charge in [0.05, 0.1) is 19.8 Å². The zero-order valence-electron chi connectivity index (χ0n) is 14.7. The van der Waals surface area contributed by atoms with Crippen molar-refractivity contribution in [3.05, 3.63) is 29.8 Å². The molecule has 0 spiro atoms. The molecule has 1 aliphatic rings. The fourth-order valence-corrected chi connectivity index (χ4v) is 3.19. The van der Waals surface area contributed by atoms with E-state index in [4.69, 9.17) is 15.2 Å². The number of amides is 1. The van der Waals surface area contributed by atoms with E-state index >= 15 is 0 Å². The van der Waals surface area contributed by atoms with Crippen molar-refractivity contribution in [1.29, 1.82) is 0 Å². The number of carbonyl (C=O) groups is 1. The van der Waals surface area contributed by atoms with Gasteiger partial charge in [-0.3, -0.25) is 9.69 Å². The number of nitrogens with two attached hydrogens (primary N) is 1. The largest absolute Gasteiger partial charge is 0.496 e. The molecule has 0 aromatic heterocycles. The van der Waals surface area contributed by atoms with Gasteiger partial charge in [-0.2, -0.15) is 0 Å². The van der Waals surface area contributed by atoms with Crippen LogP contribution in [0.3, 0.4) is 0 Å². The Kier molecular flexibility index (Phi) is 7.49. The molecule has 1 fully saturated rings. The number of hydrogen-bond acceptors (Lipinski definition) is 5. The van der Waals surface area contributed by atoms with Crippen LogP contribution in [0, 0.1) is 0 Å². The van der Waals surface area contributed by atoms with E-state index in [9.17, 15) is 4.79 Å². The van der Waals surface area contributed by atoms with Crippen LogP contribution in [0.4, 0.5) is 0 Å². The van der Waals surface area contributed by atoms with E-state index in [1.165, 1.54) is 19.3 Å². The molecule has 2 unspecified atom stereocenters. The maximum Gasteiger partial charge on any atom is 0.239 e. The van der Waals surface area contributed by atoms with Crippen LogP contribution in [0.2, 0.25) is 0 Å². The van der Waals surface area contributed by atoms with Gasteiger partial charge in [0.1, 0.15) is 11.8 Å². The summed E-state index contributed by atoms with van der Waals surface area (Å²) in [5, 5.41) is 2.97. The number of hydrogen-bond donors (Lipinski definition) is 2. The van der Waals surface area contributed by atoms with Crippen molar-refractivity contribution >= 4 is 5.91 Å². The summed E-state index contributed by atoms with van der Waals surface area (Å²) in [5.41, 5.74) is 6.91. The maximum absolute atomic E-state index is 12.1. The predicted molar refractivity (Wildman–Crippen MR) is 94.0 cm³/mol. The summed E-state index contributed by atoms with van der Waals surface area (Å²) >= 11 is 0. The number of piperidine rings is 1. The van der Waals surface area contributed by atoms with E-state index in [1.807, 2.05) is 18.2 Å². The number of ether oxygens (including phenoxy) is 2. The molecule has 1 aromatic rings. The third-order valence-electron chi connectivity index (χ3n) is 4.48. The van der Waals surface area contributed by atoms with Gasteiger partial charge in [0, 0.05) is 19.2 Å². The fourth-order valence-electron chi connectivity index (χ4n) is 3.19. The molecule has 3 N–H and O–H groups in total. The van der Waals surface area contributed by atoms with Crippen LogP contribution in [0.15, 0.2) is 24.3 Å². The molecule has 6 nitrogen and oxygen atoms in total. The molecule has 1 saturated heterocycles. The summed E-state index contributed by atoms with van der Waals surface area (Å²) in [6.07, 6.45) is 3.63. The summed E-state index contributed by atoms with van der Waals surface area (Å²) in [5.74, 6) is 0.664. The Hall–Kier alpha value is -1.63. The number of nitrogens with one attached hydrogen (secondary N) is 1. The number of benzene rings is 1. The van der Waals surface area contributed by atoms with Gasteiger partial charge in [0.2, 0.25) is 5.91 Å². The van der Waals surface area contributed by atoms with Crippen molar-refractivity contribution in [3.8, 4) is 5.75 Å². The van der Waals surface area contributed by atoms with Crippen molar-refractivity contribution in [2.24, 2.45) is 5.73 Å². The summed E-state index contributed by atoms with van der Waals surface area (Å²) in [7, 11) is 3.22. The molecular weight excluding hydrogens is 306 g/mol. The quantitative estimate of drug-likeness (QED) is 0.749. The van der Waals surface area contributed by atoms with E-state index in [0.29, 0.717) is 6.54 Å². The van der Waals surface area contributed by atoms with Crippen LogP contribution in [0.1, 0.15) is 30.9 Å². The molecule has 1 amide bonds. The lowest BCUT2D eigenvalue weighted by atomic mass is 10.0. The monoisotopic (exact) mass is 335 g/mol. The highest BCUT2D eigenvalue weighted by Gasteiger charge is 2.26. The minimum atomic E-state index is -0.644. The average molecular weight is 335 g/mol. The minimum absolute atomic E-state index is 0.0835. The highest BCUT2D eigenvalue weighted by Crippen LogP contribution is 2.30. The fraction of sp³-hybridized carbons (Fsp3) is 0.611. The lowest BCUT2D eigenvalue weighted by molar-refractivity contribution is -0.123. The minimum Gasteiger partial charge on any atom is -0.496 e. The highest BCUT2D eigenvalue weighted by atomic mass is 16.5. The van der Waals surface area contributed by atoms with Gasteiger partial charge >= 0.3 is 0 Å². The number of para-hydroxylation sites is 1. The predicted octanol–water partition coefficient (Wildman–Crippen LogP) is 1.31. The van der Waals surface area contributed by atoms with Crippen molar-refractivity contribution in [2.45, 2.75) is 31.3 Å². The van der Waals surface area contributed by atoms with E-state index in [-0.39, 0.29) is 18.6 Å². The van der Waals surface area contributed by atoms with Gasteiger partial charge in [-0.05, 0) is 32.0 Å².